The summed E-state index contributed by atoms with van der Waals surface area (Å²) in [5.41, 5.74) is 5.44. The maximum absolute atomic E-state index is 4.35. The lowest BCUT2D eigenvalue weighted by atomic mass is 9.43. The second kappa shape index (κ2) is 13.6. The first-order valence-electron chi connectivity index (χ1n) is 13.5. The van der Waals surface area contributed by atoms with E-state index in [0.29, 0.717) is 12.6 Å². The predicted molar refractivity (Wildman–Crippen MR) is 168 cm³/mol. The van der Waals surface area contributed by atoms with Crippen LogP contribution in [0.15, 0.2) is 153 Å². The summed E-state index contributed by atoms with van der Waals surface area (Å²) in [5.74, 6) is 0.534. The highest BCUT2D eigenvalue weighted by Gasteiger charge is 2.35. The summed E-state index contributed by atoms with van der Waals surface area (Å²) in [6, 6.07) is 44.1. The summed E-state index contributed by atoms with van der Waals surface area (Å²) < 4.78 is 2.31. The van der Waals surface area contributed by atoms with E-state index in [4.69, 9.17) is 0 Å². The van der Waals surface area contributed by atoms with Gasteiger partial charge in [0.15, 0.2) is 0 Å². The Morgan fingerprint density at radius 3 is 1.63 bits per heavy atom. The quantitative estimate of drug-likeness (QED) is 0.176. The molecule has 4 aromatic carbocycles. The molecule has 0 amide bonds. The largest absolute Gasteiger partial charge is 0.327 e. The fourth-order valence-corrected chi connectivity index (χ4v) is 7.63. The molecule has 1 heterocycles. The highest BCUT2D eigenvalue weighted by atomic mass is 28.2. The summed E-state index contributed by atoms with van der Waals surface area (Å²) >= 11 is 0. The molecule has 4 heteroatoms. The normalized spacial score (nSPS) is 11.9. The van der Waals surface area contributed by atoms with Crippen molar-refractivity contribution in [2.75, 3.05) is 0 Å². The van der Waals surface area contributed by atoms with Crippen LogP contribution in [0.25, 0.3) is 0 Å². The molecule has 0 aliphatic rings. The third-order valence-corrected chi connectivity index (χ3v) is 10.5. The topological polar surface area (TPSA) is 17.8 Å². The summed E-state index contributed by atoms with van der Waals surface area (Å²) in [6.07, 6.45) is 8.02. The van der Waals surface area contributed by atoms with Crippen molar-refractivity contribution in [3.63, 3.8) is 0 Å². The fourth-order valence-electron chi connectivity index (χ4n) is 5.03. The Bertz CT molecular complexity index is 1260. The van der Waals surface area contributed by atoms with Crippen molar-refractivity contribution in [1.82, 2.24) is 9.55 Å². The second-order valence-electron chi connectivity index (χ2n) is 9.86. The van der Waals surface area contributed by atoms with Gasteiger partial charge >= 0.3 is 0 Å². The van der Waals surface area contributed by atoms with Crippen LogP contribution in [0.5, 0.6) is 0 Å². The van der Waals surface area contributed by atoms with Crippen molar-refractivity contribution >= 4 is 27.2 Å². The molecule has 0 radical (unpaired) electrons. The molecule has 0 bridgehead atoms. The summed E-state index contributed by atoms with van der Waals surface area (Å²) in [4.78, 5) is 4.35. The van der Waals surface area contributed by atoms with Gasteiger partial charge in [-0.25, -0.2) is 4.98 Å². The third-order valence-electron chi connectivity index (χ3n) is 7.41. The van der Waals surface area contributed by atoms with Gasteiger partial charge in [0.25, 0.3) is 0 Å². The Morgan fingerprint density at radius 2 is 1.24 bits per heavy atom. The molecule has 0 aliphatic carbocycles. The number of allylic oxidation sites excluding steroid dienone is 1. The number of benzene rings is 4. The first kappa shape index (κ1) is 27.2. The van der Waals surface area contributed by atoms with Gasteiger partial charge in [0.05, 0.1) is 21.0 Å². The smallest absolute Gasteiger partial charge is 0.206 e. The Hall–Kier alpha value is -3.89. The first-order valence-corrected chi connectivity index (χ1v) is 15.2. The molecule has 1 aromatic heterocycles. The lowest BCUT2D eigenvalue weighted by Gasteiger charge is -2.37. The van der Waals surface area contributed by atoms with E-state index in [1.807, 2.05) is 12.5 Å². The molecule has 38 heavy (non-hydrogen) atoms. The molecule has 190 valence electrons. The molecule has 5 rings (SSSR count). The standard InChI is InChI=1S/C21H24N2Si.C13H13B/c1-3-18(2)16-24-21(23-15-14-22-17-23,19-10-6-4-7-11-19)20-12-8-5-9-13-20;1-14(12-8-4-2-5-9-12)13-10-6-3-7-11-13/h3-15,17-18H,1,16,24H2,2H3;2-11H,1H3. The van der Waals surface area contributed by atoms with Gasteiger partial charge in [0, 0.05) is 12.4 Å². The van der Waals surface area contributed by atoms with Crippen LogP contribution in [-0.2, 0) is 5.16 Å². The van der Waals surface area contributed by atoms with Crippen LogP contribution >= 0.6 is 0 Å². The molecule has 0 saturated carbocycles. The van der Waals surface area contributed by atoms with Gasteiger partial charge in [-0.05, 0) is 17.0 Å². The zero-order valence-corrected chi connectivity index (χ0v) is 23.9. The lowest BCUT2D eigenvalue weighted by Crippen LogP contribution is -2.42. The molecule has 2 nitrogen and oxygen atoms in total. The van der Waals surface area contributed by atoms with Crippen LogP contribution in [0.1, 0.15) is 18.1 Å². The highest BCUT2D eigenvalue weighted by molar-refractivity contribution is 6.84. The van der Waals surface area contributed by atoms with E-state index in [0.717, 1.165) is 0 Å². The van der Waals surface area contributed by atoms with Crippen molar-refractivity contribution in [3.05, 3.63) is 164 Å². The van der Waals surface area contributed by atoms with Crippen molar-refractivity contribution in [2.24, 2.45) is 5.92 Å². The van der Waals surface area contributed by atoms with Gasteiger partial charge in [-0.2, -0.15) is 0 Å². The van der Waals surface area contributed by atoms with E-state index in [-0.39, 0.29) is 5.16 Å². The molecule has 0 saturated heterocycles. The molecular formula is C34H37BN2Si. The van der Waals surface area contributed by atoms with Crippen LogP contribution in [0.4, 0.5) is 0 Å². The van der Waals surface area contributed by atoms with Crippen molar-refractivity contribution in [2.45, 2.75) is 25.0 Å². The zero-order valence-electron chi connectivity index (χ0n) is 22.5. The van der Waals surface area contributed by atoms with Crippen molar-refractivity contribution in [3.8, 4) is 0 Å². The van der Waals surface area contributed by atoms with E-state index in [9.17, 15) is 0 Å². The van der Waals surface area contributed by atoms with Crippen LogP contribution in [-0.4, -0.2) is 25.8 Å². The van der Waals surface area contributed by atoms with Gasteiger partial charge in [-0.3, -0.25) is 0 Å². The number of nitrogens with zero attached hydrogens (tertiary/aromatic N) is 2. The predicted octanol–water partition coefficient (Wildman–Crippen LogP) is 5.97. The van der Waals surface area contributed by atoms with Gasteiger partial charge in [-0.1, -0.05) is 158 Å². The van der Waals surface area contributed by atoms with E-state index >= 15 is 0 Å². The second-order valence-corrected chi connectivity index (χ2v) is 12.0. The average Bonchev–Trinajstić information content (AvgIpc) is 3.55. The Labute approximate surface area is 231 Å². The van der Waals surface area contributed by atoms with E-state index in [1.165, 1.54) is 28.1 Å². The summed E-state index contributed by atoms with van der Waals surface area (Å²) in [6.45, 7) is 8.96. The van der Waals surface area contributed by atoms with Crippen LogP contribution in [0.3, 0.4) is 0 Å². The summed E-state index contributed by atoms with van der Waals surface area (Å²) in [5, 5.41) is -0.115. The van der Waals surface area contributed by atoms with E-state index in [1.54, 1.807) is 0 Å². The molecular weight excluding hydrogens is 475 g/mol. The zero-order chi connectivity index (χ0) is 26.6. The van der Waals surface area contributed by atoms with Crippen LogP contribution < -0.4 is 10.9 Å². The Kier molecular flexibility index (Phi) is 9.72. The summed E-state index contributed by atoms with van der Waals surface area (Å²) in [7, 11) is -0.554. The minimum absolute atomic E-state index is 0.115. The number of imidazole rings is 1. The fraction of sp³-hybridized carbons (Fsp3) is 0.147. The van der Waals surface area contributed by atoms with Gasteiger partial charge < -0.3 is 4.57 Å². The highest BCUT2D eigenvalue weighted by Crippen LogP contribution is 2.34. The Morgan fingerprint density at radius 1 is 0.789 bits per heavy atom. The molecule has 0 fully saturated rings. The third kappa shape index (κ3) is 6.51. The van der Waals surface area contributed by atoms with E-state index < -0.39 is 9.52 Å². The van der Waals surface area contributed by atoms with Gasteiger partial charge in [-0.15, -0.1) is 6.58 Å². The van der Waals surface area contributed by atoms with Crippen LogP contribution in [0.2, 0.25) is 12.9 Å². The molecule has 1 atom stereocenters. The van der Waals surface area contributed by atoms with Crippen molar-refractivity contribution < 1.29 is 0 Å². The lowest BCUT2D eigenvalue weighted by molar-refractivity contribution is 0.585. The van der Waals surface area contributed by atoms with Gasteiger partial charge in [0.2, 0.25) is 6.71 Å². The first-order chi connectivity index (χ1) is 18.6. The molecule has 0 N–H and O–H groups in total. The van der Waals surface area contributed by atoms with Crippen LogP contribution in [0, 0.1) is 5.92 Å². The maximum Gasteiger partial charge on any atom is 0.206 e. The number of aromatic nitrogens is 2. The SMILES string of the molecule is C=CC(C)C[SiH2]C(c1ccccc1)(c1ccccc1)n1ccnc1.CB(c1ccccc1)c1ccccc1. The monoisotopic (exact) mass is 512 g/mol. The molecule has 5 aromatic rings. The number of hydrogen-bond acceptors (Lipinski definition) is 1. The number of rotatable bonds is 9. The average molecular weight is 513 g/mol. The Balaban J connectivity index is 0.000000204. The number of hydrogen-bond donors (Lipinski definition) is 0. The maximum atomic E-state index is 4.35. The van der Waals surface area contributed by atoms with Gasteiger partial charge in [0.1, 0.15) is 0 Å². The molecule has 0 spiro atoms. The minimum atomic E-state index is -0.554. The van der Waals surface area contributed by atoms with Crippen molar-refractivity contribution in [1.29, 1.82) is 0 Å². The molecule has 0 aliphatic heterocycles. The van der Waals surface area contributed by atoms with E-state index in [2.05, 4.69) is 163 Å². The molecule has 1 unspecified atom stereocenters. The minimum Gasteiger partial charge on any atom is -0.327 e.